The Balaban J connectivity index is 1.52. The minimum atomic E-state index is -4.09. The normalized spacial score (nSPS) is 13.2. The van der Waals surface area contributed by atoms with E-state index in [2.05, 4.69) is 11.4 Å². The molecule has 3 aromatic carbocycles. The van der Waals surface area contributed by atoms with Crippen molar-refractivity contribution in [3.63, 3.8) is 0 Å². The molecule has 0 bridgehead atoms. The van der Waals surface area contributed by atoms with Gasteiger partial charge < -0.3 is 15.7 Å². The van der Waals surface area contributed by atoms with Gasteiger partial charge in [0.05, 0.1) is 13.1 Å². The lowest BCUT2D eigenvalue weighted by molar-refractivity contribution is -0.163. The van der Waals surface area contributed by atoms with Crippen molar-refractivity contribution in [2.24, 2.45) is 0 Å². The lowest BCUT2D eigenvalue weighted by Crippen LogP contribution is -2.42. The molecular formula is C30H28F3N3O4. The number of carbonyl (C=O) groups excluding carboxylic acids is 2. The Labute approximate surface area is 229 Å². The van der Waals surface area contributed by atoms with E-state index in [1.165, 1.54) is 47.2 Å². The summed E-state index contributed by atoms with van der Waals surface area (Å²) >= 11 is 0. The number of urea groups is 1. The Morgan fingerprint density at radius 2 is 1.68 bits per heavy atom. The summed E-state index contributed by atoms with van der Waals surface area (Å²) in [5.41, 5.74) is 3.89. The van der Waals surface area contributed by atoms with Gasteiger partial charge in [-0.3, -0.25) is 9.69 Å². The number of carbonyl (C=O) groups is 3. The van der Waals surface area contributed by atoms with Crippen molar-refractivity contribution in [3.05, 3.63) is 101 Å². The molecule has 1 aliphatic rings. The zero-order chi connectivity index (χ0) is 28.7. The molecule has 0 radical (unpaired) electrons. The largest absolute Gasteiger partial charge is 0.477 e. The zero-order valence-electron chi connectivity index (χ0n) is 21.5. The predicted octanol–water partition coefficient (Wildman–Crippen LogP) is 6.47. The minimum absolute atomic E-state index is 0.0470. The summed E-state index contributed by atoms with van der Waals surface area (Å²) in [6, 6.07) is 18.5. The highest BCUT2D eigenvalue weighted by Crippen LogP contribution is 2.29. The van der Waals surface area contributed by atoms with Crippen LogP contribution in [0.3, 0.4) is 0 Å². The van der Waals surface area contributed by atoms with E-state index in [4.69, 9.17) is 5.11 Å². The van der Waals surface area contributed by atoms with Gasteiger partial charge in [0.25, 0.3) is 5.91 Å². The molecule has 7 nitrogen and oxygen atoms in total. The van der Waals surface area contributed by atoms with Crippen LogP contribution in [0.25, 0.3) is 5.57 Å². The molecule has 40 heavy (non-hydrogen) atoms. The number of allylic oxidation sites excluding steroid dienone is 2. The molecule has 1 aliphatic carbocycles. The summed E-state index contributed by atoms with van der Waals surface area (Å²) in [6.07, 6.45) is 6.57. The number of halogens is 3. The zero-order valence-corrected chi connectivity index (χ0v) is 21.5. The number of carboxylic acids is 1. The van der Waals surface area contributed by atoms with Crippen LogP contribution in [0.15, 0.2) is 78.9 Å². The van der Waals surface area contributed by atoms with Gasteiger partial charge in [0.1, 0.15) is 5.82 Å². The average molecular weight is 552 g/mol. The van der Waals surface area contributed by atoms with Crippen molar-refractivity contribution in [2.45, 2.75) is 38.2 Å². The second-order valence-corrected chi connectivity index (χ2v) is 9.44. The van der Waals surface area contributed by atoms with Crippen molar-refractivity contribution in [1.29, 1.82) is 0 Å². The molecule has 0 spiro atoms. The van der Waals surface area contributed by atoms with Crippen LogP contribution >= 0.6 is 0 Å². The third-order valence-corrected chi connectivity index (χ3v) is 6.50. The lowest BCUT2D eigenvalue weighted by atomic mass is 9.93. The van der Waals surface area contributed by atoms with E-state index in [-0.39, 0.29) is 17.8 Å². The van der Waals surface area contributed by atoms with E-state index in [0.29, 0.717) is 11.3 Å². The van der Waals surface area contributed by atoms with E-state index < -0.39 is 36.2 Å². The Morgan fingerprint density at radius 1 is 0.950 bits per heavy atom. The molecule has 0 fully saturated rings. The van der Waals surface area contributed by atoms with Crippen LogP contribution in [-0.2, 0) is 11.3 Å². The highest BCUT2D eigenvalue weighted by atomic mass is 19.3. The summed E-state index contributed by atoms with van der Waals surface area (Å²) in [5.74, 6) is -7.78. The fourth-order valence-electron chi connectivity index (χ4n) is 4.31. The van der Waals surface area contributed by atoms with E-state index in [9.17, 15) is 27.6 Å². The molecule has 3 amide bonds. The van der Waals surface area contributed by atoms with Gasteiger partial charge in [-0.25, -0.2) is 14.0 Å². The second kappa shape index (κ2) is 12.5. The summed E-state index contributed by atoms with van der Waals surface area (Å²) < 4.78 is 40.3. The molecule has 10 heteroatoms. The van der Waals surface area contributed by atoms with Crippen LogP contribution in [0.4, 0.5) is 29.3 Å². The average Bonchev–Trinajstić information content (AvgIpc) is 2.95. The Bertz CT molecular complexity index is 1410. The van der Waals surface area contributed by atoms with Crippen molar-refractivity contribution >= 4 is 34.9 Å². The molecule has 208 valence electrons. The summed E-state index contributed by atoms with van der Waals surface area (Å²) in [4.78, 5) is 37.6. The maximum absolute atomic E-state index is 13.7. The van der Waals surface area contributed by atoms with Crippen molar-refractivity contribution in [2.75, 3.05) is 16.8 Å². The Kier molecular flexibility index (Phi) is 8.88. The van der Waals surface area contributed by atoms with Crippen LogP contribution in [0, 0.1) is 5.82 Å². The number of nitrogens with zero attached hydrogens (tertiary/aromatic N) is 1. The molecule has 0 aromatic heterocycles. The number of amides is 3. The molecule has 0 heterocycles. The van der Waals surface area contributed by atoms with Crippen LogP contribution in [0.1, 0.15) is 47.2 Å². The summed E-state index contributed by atoms with van der Waals surface area (Å²) in [6.45, 7) is -1.26. The van der Waals surface area contributed by atoms with Crippen LogP contribution in [0.5, 0.6) is 0 Å². The Hall–Kier alpha value is -4.60. The smallest absolute Gasteiger partial charge is 0.376 e. The van der Waals surface area contributed by atoms with Gasteiger partial charge in [-0.05, 0) is 84.8 Å². The highest BCUT2D eigenvalue weighted by Gasteiger charge is 2.39. The maximum Gasteiger partial charge on any atom is 0.376 e. The second-order valence-electron chi connectivity index (χ2n) is 9.44. The standard InChI is InChI=1S/C30H28F3N3O4/c31-24-7-4-8-25(17-24)35-29(40)36(26-15-13-22(14-16-26)21-5-2-1-3-6-21)18-20-9-11-23(12-10-20)27(37)34-19-30(32,33)28(38)39/h4-5,7-17H,1-3,6,18-19H2,(H,34,37)(H,35,40)(H,38,39). The van der Waals surface area contributed by atoms with E-state index >= 15 is 0 Å². The Morgan fingerprint density at radius 3 is 2.30 bits per heavy atom. The van der Waals surface area contributed by atoms with E-state index in [1.54, 1.807) is 18.2 Å². The topological polar surface area (TPSA) is 98.7 Å². The number of hydrogen-bond acceptors (Lipinski definition) is 3. The monoisotopic (exact) mass is 551 g/mol. The van der Waals surface area contributed by atoms with Gasteiger partial charge in [-0.1, -0.05) is 36.4 Å². The van der Waals surface area contributed by atoms with Gasteiger partial charge in [-0.2, -0.15) is 8.78 Å². The van der Waals surface area contributed by atoms with E-state index in [0.717, 1.165) is 24.8 Å². The number of carboxylic acid groups (broad SMARTS) is 1. The van der Waals surface area contributed by atoms with Crippen LogP contribution < -0.4 is 15.5 Å². The van der Waals surface area contributed by atoms with Crippen LogP contribution in [0.2, 0.25) is 0 Å². The number of rotatable bonds is 9. The molecule has 3 N–H and O–H groups in total. The first kappa shape index (κ1) is 28.4. The lowest BCUT2D eigenvalue weighted by Gasteiger charge is -2.24. The molecule has 0 saturated heterocycles. The molecule has 0 aliphatic heterocycles. The first-order valence-electron chi connectivity index (χ1n) is 12.7. The fraction of sp³-hybridized carbons (Fsp3) is 0.233. The summed E-state index contributed by atoms with van der Waals surface area (Å²) in [5, 5.41) is 13.1. The van der Waals surface area contributed by atoms with E-state index in [1.807, 2.05) is 29.6 Å². The highest BCUT2D eigenvalue weighted by molar-refractivity contribution is 6.01. The van der Waals surface area contributed by atoms with Gasteiger partial charge >= 0.3 is 17.9 Å². The van der Waals surface area contributed by atoms with Gasteiger partial charge in [0.2, 0.25) is 0 Å². The summed E-state index contributed by atoms with van der Waals surface area (Å²) in [7, 11) is 0. The van der Waals surface area contributed by atoms with Crippen molar-refractivity contribution in [3.8, 4) is 0 Å². The van der Waals surface area contributed by atoms with Gasteiger partial charge in [-0.15, -0.1) is 0 Å². The molecular weight excluding hydrogens is 523 g/mol. The molecule has 0 saturated carbocycles. The number of anilines is 2. The number of aliphatic carboxylic acids is 1. The molecule has 4 rings (SSSR count). The first-order valence-corrected chi connectivity index (χ1v) is 12.7. The molecule has 3 aromatic rings. The number of hydrogen-bond donors (Lipinski definition) is 3. The number of benzene rings is 3. The van der Waals surface area contributed by atoms with Crippen molar-refractivity contribution < 1.29 is 32.7 Å². The first-order chi connectivity index (χ1) is 19.1. The van der Waals surface area contributed by atoms with Crippen LogP contribution in [-0.4, -0.2) is 35.5 Å². The van der Waals surface area contributed by atoms with Gasteiger partial charge in [0, 0.05) is 16.9 Å². The predicted molar refractivity (Wildman–Crippen MR) is 146 cm³/mol. The number of alkyl halides is 2. The molecule has 0 atom stereocenters. The maximum atomic E-state index is 13.7. The van der Waals surface area contributed by atoms with Crippen molar-refractivity contribution in [1.82, 2.24) is 5.32 Å². The third kappa shape index (κ3) is 7.28. The SMILES string of the molecule is O=C(NCC(F)(F)C(=O)O)c1ccc(CN(C(=O)Nc2cccc(F)c2)c2ccc(C3=CCCCC3)cc2)cc1. The third-order valence-electron chi connectivity index (χ3n) is 6.50. The fourth-order valence-corrected chi connectivity index (χ4v) is 4.31. The quantitative estimate of drug-likeness (QED) is 0.284. The minimum Gasteiger partial charge on any atom is -0.477 e. The molecule has 0 unspecified atom stereocenters. The van der Waals surface area contributed by atoms with Gasteiger partial charge in [0.15, 0.2) is 0 Å². The number of nitrogens with one attached hydrogen (secondary N) is 2.